The van der Waals surface area contributed by atoms with Crippen LogP contribution in [0.25, 0.3) is 0 Å². The van der Waals surface area contributed by atoms with Crippen LogP contribution < -0.4 is 10.6 Å². The maximum Gasteiger partial charge on any atom is 0.0401 e. The number of hydrogen-bond acceptors (Lipinski definition) is 2. The first kappa shape index (κ1) is 10.2. The Morgan fingerprint density at radius 3 is 2.81 bits per heavy atom. The lowest BCUT2D eigenvalue weighted by atomic mass is 10.0. The summed E-state index contributed by atoms with van der Waals surface area (Å²) < 4.78 is 0. The van der Waals surface area contributed by atoms with Crippen LogP contribution in [-0.2, 0) is 6.42 Å². The summed E-state index contributed by atoms with van der Waals surface area (Å²) in [6.45, 7) is 3.28. The van der Waals surface area contributed by atoms with Gasteiger partial charge in [-0.05, 0) is 55.3 Å². The zero-order chi connectivity index (χ0) is 11.0. The van der Waals surface area contributed by atoms with Crippen molar-refractivity contribution >= 4 is 5.69 Å². The monoisotopic (exact) mass is 216 g/mol. The van der Waals surface area contributed by atoms with E-state index in [4.69, 9.17) is 5.73 Å². The molecule has 1 saturated heterocycles. The van der Waals surface area contributed by atoms with Crippen molar-refractivity contribution in [3.05, 3.63) is 29.3 Å². The van der Waals surface area contributed by atoms with Crippen molar-refractivity contribution in [2.24, 2.45) is 5.73 Å². The molecular formula is C14H20N2. The van der Waals surface area contributed by atoms with Crippen LogP contribution in [0.5, 0.6) is 0 Å². The third-order valence-electron chi connectivity index (χ3n) is 4.10. The van der Waals surface area contributed by atoms with Crippen molar-refractivity contribution in [2.75, 3.05) is 24.5 Å². The van der Waals surface area contributed by atoms with E-state index in [0.29, 0.717) is 5.92 Å². The number of benzene rings is 1. The lowest BCUT2D eigenvalue weighted by Crippen LogP contribution is -2.19. The molecule has 1 aromatic rings. The summed E-state index contributed by atoms with van der Waals surface area (Å²) in [4.78, 5) is 2.55. The molecule has 1 aliphatic heterocycles. The van der Waals surface area contributed by atoms with E-state index in [-0.39, 0.29) is 0 Å². The largest absolute Gasteiger partial charge is 0.371 e. The molecule has 2 aliphatic rings. The van der Waals surface area contributed by atoms with Crippen LogP contribution in [-0.4, -0.2) is 19.6 Å². The van der Waals surface area contributed by atoms with Crippen LogP contribution in [0.3, 0.4) is 0 Å². The van der Waals surface area contributed by atoms with Crippen molar-refractivity contribution in [2.45, 2.75) is 31.6 Å². The maximum atomic E-state index is 5.84. The highest BCUT2D eigenvalue weighted by atomic mass is 15.1. The average Bonchev–Trinajstić information content (AvgIpc) is 2.97. The van der Waals surface area contributed by atoms with E-state index in [1.54, 1.807) is 5.56 Å². The molecule has 1 fully saturated rings. The zero-order valence-electron chi connectivity index (χ0n) is 9.78. The molecule has 0 amide bonds. The van der Waals surface area contributed by atoms with Crippen LogP contribution in [0.15, 0.2) is 18.2 Å². The first-order chi connectivity index (χ1) is 7.90. The molecule has 1 unspecified atom stereocenters. The first-order valence-electron chi connectivity index (χ1n) is 6.47. The van der Waals surface area contributed by atoms with Crippen molar-refractivity contribution < 1.29 is 0 Å². The van der Waals surface area contributed by atoms with Crippen molar-refractivity contribution in [3.63, 3.8) is 0 Å². The van der Waals surface area contributed by atoms with Gasteiger partial charge in [0.15, 0.2) is 0 Å². The van der Waals surface area contributed by atoms with Gasteiger partial charge in [-0.3, -0.25) is 0 Å². The summed E-state index contributed by atoms with van der Waals surface area (Å²) in [5.41, 5.74) is 10.4. The Morgan fingerprint density at radius 2 is 2.06 bits per heavy atom. The number of fused-ring (bicyclic) bond motifs is 1. The van der Waals surface area contributed by atoms with Crippen molar-refractivity contribution in [1.82, 2.24) is 0 Å². The summed E-state index contributed by atoms with van der Waals surface area (Å²) in [5.74, 6) is 0.609. The average molecular weight is 216 g/mol. The second kappa shape index (κ2) is 4.10. The van der Waals surface area contributed by atoms with Crippen LogP contribution >= 0.6 is 0 Å². The third-order valence-corrected chi connectivity index (χ3v) is 4.10. The Balaban J connectivity index is 1.98. The minimum absolute atomic E-state index is 0.609. The SMILES string of the molecule is NCC1CCc2c1cccc2N1CCCC1. The van der Waals surface area contributed by atoms with E-state index in [2.05, 4.69) is 23.1 Å². The Labute approximate surface area is 97.4 Å². The summed E-state index contributed by atoms with van der Waals surface area (Å²) in [7, 11) is 0. The Morgan fingerprint density at radius 1 is 1.25 bits per heavy atom. The van der Waals surface area contributed by atoms with Crippen LogP contribution in [0.2, 0.25) is 0 Å². The van der Waals surface area contributed by atoms with Crippen LogP contribution in [0.1, 0.15) is 36.3 Å². The molecule has 86 valence electrons. The smallest absolute Gasteiger partial charge is 0.0401 e. The van der Waals surface area contributed by atoms with Gasteiger partial charge >= 0.3 is 0 Å². The second-order valence-corrected chi connectivity index (χ2v) is 5.01. The van der Waals surface area contributed by atoms with Gasteiger partial charge in [-0.1, -0.05) is 12.1 Å². The molecule has 1 atom stereocenters. The third kappa shape index (κ3) is 1.52. The van der Waals surface area contributed by atoms with Gasteiger partial charge < -0.3 is 10.6 Å². The van der Waals surface area contributed by atoms with Crippen LogP contribution in [0.4, 0.5) is 5.69 Å². The number of hydrogen-bond donors (Lipinski definition) is 1. The number of nitrogens with zero attached hydrogens (tertiary/aromatic N) is 1. The molecule has 2 nitrogen and oxygen atoms in total. The van der Waals surface area contributed by atoms with Gasteiger partial charge in [-0.15, -0.1) is 0 Å². The molecule has 3 rings (SSSR count). The van der Waals surface area contributed by atoms with Gasteiger partial charge in [0.25, 0.3) is 0 Å². The van der Waals surface area contributed by atoms with E-state index < -0.39 is 0 Å². The Hall–Kier alpha value is -1.02. The van der Waals surface area contributed by atoms with Gasteiger partial charge in [-0.25, -0.2) is 0 Å². The molecule has 1 aromatic carbocycles. The zero-order valence-corrected chi connectivity index (χ0v) is 9.78. The second-order valence-electron chi connectivity index (χ2n) is 5.01. The predicted octanol–water partition coefficient (Wildman–Crippen LogP) is 2.28. The van der Waals surface area contributed by atoms with Crippen LogP contribution in [0, 0.1) is 0 Å². The Bertz CT molecular complexity index is 380. The lowest BCUT2D eigenvalue weighted by molar-refractivity contribution is 0.688. The number of rotatable bonds is 2. The maximum absolute atomic E-state index is 5.84. The molecule has 2 N–H and O–H groups in total. The van der Waals surface area contributed by atoms with Crippen molar-refractivity contribution in [3.8, 4) is 0 Å². The van der Waals surface area contributed by atoms with E-state index in [9.17, 15) is 0 Å². The summed E-state index contributed by atoms with van der Waals surface area (Å²) in [6.07, 6.45) is 5.18. The van der Waals surface area contributed by atoms with Gasteiger partial charge in [0, 0.05) is 18.8 Å². The normalized spacial score (nSPS) is 23.8. The minimum atomic E-state index is 0.609. The molecular weight excluding hydrogens is 196 g/mol. The molecule has 0 spiro atoms. The highest BCUT2D eigenvalue weighted by Gasteiger charge is 2.25. The topological polar surface area (TPSA) is 29.3 Å². The van der Waals surface area contributed by atoms with E-state index in [0.717, 1.165) is 6.54 Å². The number of nitrogens with two attached hydrogens (primary N) is 1. The van der Waals surface area contributed by atoms with Gasteiger partial charge in [-0.2, -0.15) is 0 Å². The highest BCUT2D eigenvalue weighted by Crippen LogP contribution is 2.38. The molecule has 1 heterocycles. The highest BCUT2D eigenvalue weighted by molar-refractivity contribution is 5.60. The van der Waals surface area contributed by atoms with Gasteiger partial charge in [0.2, 0.25) is 0 Å². The molecule has 1 aliphatic carbocycles. The quantitative estimate of drug-likeness (QED) is 0.821. The predicted molar refractivity (Wildman–Crippen MR) is 68.0 cm³/mol. The fourth-order valence-electron chi connectivity index (χ4n) is 3.22. The molecule has 0 aromatic heterocycles. The fourth-order valence-corrected chi connectivity index (χ4v) is 3.22. The molecule has 0 radical (unpaired) electrons. The van der Waals surface area contributed by atoms with Gasteiger partial charge in [0.1, 0.15) is 0 Å². The van der Waals surface area contributed by atoms with E-state index in [1.807, 2.05) is 0 Å². The van der Waals surface area contributed by atoms with E-state index in [1.165, 1.54) is 50.0 Å². The molecule has 0 saturated carbocycles. The Kier molecular flexibility index (Phi) is 2.60. The van der Waals surface area contributed by atoms with Gasteiger partial charge in [0.05, 0.1) is 0 Å². The lowest BCUT2D eigenvalue weighted by Gasteiger charge is -2.21. The standard InChI is InChI=1S/C14H20N2/c15-10-11-6-7-13-12(11)4-3-5-14(13)16-8-1-2-9-16/h3-5,11H,1-2,6-10,15H2. The van der Waals surface area contributed by atoms with Crippen molar-refractivity contribution in [1.29, 1.82) is 0 Å². The molecule has 16 heavy (non-hydrogen) atoms. The molecule has 2 heteroatoms. The summed E-state index contributed by atoms with van der Waals surface area (Å²) >= 11 is 0. The molecule has 0 bridgehead atoms. The first-order valence-corrected chi connectivity index (χ1v) is 6.47. The van der Waals surface area contributed by atoms with E-state index >= 15 is 0 Å². The fraction of sp³-hybridized carbons (Fsp3) is 0.571. The number of anilines is 1. The minimum Gasteiger partial charge on any atom is -0.371 e. The summed E-state index contributed by atoms with van der Waals surface area (Å²) in [6, 6.07) is 6.78. The summed E-state index contributed by atoms with van der Waals surface area (Å²) in [5, 5.41) is 0.